The maximum atomic E-state index is 12.9. The molecule has 2 aromatic rings. The van der Waals surface area contributed by atoms with Gasteiger partial charge in [0.15, 0.2) is 6.10 Å². The third-order valence-corrected chi connectivity index (χ3v) is 4.88. The van der Waals surface area contributed by atoms with Crippen LogP contribution in [0, 0.1) is 6.92 Å². The molecule has 1 atom stereocenters. The number of rotatable bonds is 5. The zero-order valence-electron chi connectivity index (χ0n) is 15.2. The minimum absolute atomic E-state index is 0.0192. The molecular formula is C20H24ClN3O2. The second kappa shape index (κ2) is 8.41. The van der Waals surface area contributed by atoms with E-state index >= 15 is 0 Å². The van der Waals surface area contributed by atoms with Crippen LogP contribution in [0.5, 0.6) is 5.75 Å². The average molecular weight is 374 g/mol. The fraction of sp³-hybridized carbons (Fsp3) is 0.400. The smallest absolute Gasteiger partial charge is 0.263 e. The van der Waals surface area contributed by atoms with Crippen LogP contribution < -0.4 is 9.64 Å². The molecule has 0 unspecified atom stereocenters. The summed E-state index contributed by atoms with van der Waals surface area (Å²) in [6.07, 6.45) is 1.87. The molecule has 0 aliphatic carbocycles. The number of carbonyl (C=O) groups is 1. The number of benzene rings is 1. The highest BCUT2D eigenvalue weighted by atomic mass is 35.5. The number of aromatic nitrogens is 1. The van der Waals surface area contributed by atoms with Gasteiger partial charge in [0, 0.05) is 32.4 Å². The topological polar surface area (TPSA) is 45.7 Å². The molecule has 138 valence electrons. The summed E-state index contributed by atoms with van der Waals surface area (Å²) in [6.45, 7) is 6.79. The van der Waals surface area contributed by atoms with Gasteiger partial charge in [0.05, 0.1) is 5.02 Å². The van der Waals surface area contributed by atoms with Crippen molar-refractivity contribution in [1.29, 1.82) is 0 Å². The van der Waals surface area contributed by atoms with Gasteiger partial charge in [0.25, 0.3) is 5.91 Å². The van der Waals surface area contributed by atoms with E-state index in [0.29, 0.717) is 30.3 Å². The fourth-order valence-electron chi connectivity index (χ4n) is 3.06. The molecule has 1 amide bonds. The molecule has 1 aliphatic heterocycles. The molecule has 0 bridgehead atoms. The Labute approximate surface area is 159 Å². The van der Waals surface area contributed by atoms with Gasteiger partial charge in [-0.2, -0.15) is 0 Å². The van der Waals surface area contributed by atoms with Crippen LogP contribution >= 0.6 is 11.6 Å². The molecule has 1 saturated heterocycles. The fourth-order valence-corrected chi connectivity index (χ4v) is 3.22. The monoisotopic (exact) mass is 373 g/mol. The molecule has 26 heavy (non-hydrogen) atoms. The van der Waals surface area contributed by atoms with Gasteiger partial charge in [-0.15, -0.1) is 0 Å². The lowest BCUT2D eigenvalue weighted by Crippen LogP contribution is -2.52. The molecule has 0 N–H and O–H groups in total. The first kappa shape index (κ1) is 18.5. The van der Waals surface area contributed by atoms with Crippen molar-refractivity contribution >= 4 is 23.3 Å². The minimum atomic E-state index is -0.518. The van der Waals surface area contributed by atoms with Gasteiger partial charge < -0.3 is 14.5 Å². The summed E-state index contributed by atoms with van der Waals surface area (Å²) in [5.41, 5.74) is 1.05. The number of piperazine rings is 1. The highest BCUT2D eigenvalue weighted by Crippen LogP contribution is 2.27. The Bertz CT molecular complexity index is 746. The van der Waals surface area contributed by atoms with Crippen LogP contribution in [0.15, 0.2) is 42.6 Å². The highest BCUT2D eigenvalue weighted by Gasteiger charge is 2.28. The van der Waals surface area contributed by atoms with Crippen LogP contribution in [0.1, 0.15) is 18.9 Å². The predicted molar refractivity (Wildman–Crippen MR) is 104 cm³/mol. The SMILES string of the molecule is CC[C@@H](Oc1cc(C)ccc1Cl)C(=O)N1CCN(c2ccccn2)CC1. The Kier molecular flexibility index (Phi) is 5.99. The van der Waals surface area contributed by atoms with E-state index in [4.69, 9.17) is 16.3 Å². The van der Waals surface area contributed by atoms with E-state index in [1.165, 1.54) is 0 Å². The predicted octanol–water partition coefficient (Wildman–Crippen LogP) is 3.55. The number of hydrogen-bond donors (Lipinski definition) is 0. The van der Waals surface area contributed by atoms with Crippen molar-refractivity contribution in [3.05, 3.63) is 53.2 Å². The first-order valence-corrected chi connectivity index (χ1v) is 9.34. The van der Waals surface area contributed by atoms with Gasteiger partial charge in [-0.1, -0.05) is 30.7 Å². The van der Waals surface area contributed by atoms with Crippen LogP contribution in [-0.2, 0) is 4.79 Å². The van der Waals surface area contributed by atoms with E-state index in [1.807, 2.05) is 49.1 Å². The van der Waals surface area contributed by atoms with Gasteiger partial charge in [0.1, 0.15) is 11.6 Å². The number of ether oxygens (including phenoxy) is 1. The number of halogens is 1. The van der Waals surface area contributed by atoms with Crippen molar-refractivity contribution in [3.63, 3.8) is 0 Å². The number of carbonyl (C=O) groups excluding carboxylic acids is 1. The third-order valence-electron chi connectivity index (χ3n) is 4.57. The number of pyridine rings is 1. The van der Waals surface area contributed by atoms with E-state index in [0.717, 1.165) is 24.5 Å². The number of hydrogen-bond acceptors (Lipinski definition) is 4. The number of amides is 1. The molecule has 3 rings (SSSR count). The molecule has 1 aromatic heterocycles. The van der Waals surface area contributed by atoms with E-state index in [9.17, 15) is 4.79 Å². The summed E-state index contributed by atoms with van der Waals surface area (Å²) in [7, 11) is 0. The van der Waals surface area contributed by atoms with Crippen LogP contribution in [0.4, 0.5) is 5.82 Å². The van der Waals surface area contributed by atoms with Crippen LogP contribution in [0.3, 0.4) is 0 Å². The Morgan fingerprint density at radius 3 is 2.65 bits per heavy atom. The summed E-state index contributed by atoms with van der Waals surface area (Å²) in [6, 6.07) is 11.5. The summed E-state index contributed by atoms with van der Waals surface area (Å²) < 4.78 is 5.95. The van der Waals surface area contributed by atoms with Gasteiger partial charge in [-0.3, -0.25) is 4.79 Å². The molecule has 1 aromatic carbocycles. The molecule has 1 fully saturated rings. The second-order valence-corrected chi connectivity index (χ2v) is 6.86. The molecule has 5 nitrogen and oxygen atoms in total. The number of anilines is 1. The molecule has 1 aliphatic rings. The maximum absolute atomic E-state index is 12.9. The van der Waals surface area contributed by atoms with Crippen molar-refractivity contribution < 1.29 is 9.53 Å². The summed E-state index contributed by atoms with van der Waals surface area (Å²) >= 11 is 6.21. The summed E-state index contributed by atoms with van der Waals surface area (Å²) in [4.78, 5) is 21.3. The quantitative estimate of drug-likeness (QED) is 0.804. The molecule has 0 saturated carbocycles. The average Bonchev–Trinajstić information content (AvgIpc) is 2.69. The first-order chi connectivity index (χ1) is 12.6. The van der Waals surface area contributed by atoms with Gasteiger partial charge in [-0.25, -0.2) is 4.98 Å². The lowest BCUT2D eigenvalue weighted by atomic mass is 10.2. The number of nitrogens with zero attached hydrogens (tertiary/aromatic N) is 3. The Morgan fingerprint density at radius 2 is 2.00 bits per heavy atom. The molecule has 0 radical (unpaired) electrons. The van der Waals surface area contributed by atoms with Gasteiger partial charge >= 0.3 is 0 Å². The second-order valence-electron chi connectivity index (χ2n) is 6.45. The van der Waals surface area contributed by atoms with Crippen LogP contribution in [0.2, 0.25) is 5.02 Å². The molecular weight excluding hydrogens is 350 g/mol. The van der Waals surface area contributed by atoms with Crippen molar-refractivity contribution in [1.82, 2.24) is 9.88 Å². The van der Waals surface area contributed by atoms with E-state index in [1.54, 1.807) is 12.3 Å². The molecule has 0 spiro atoms. The first-order valence-electron chi connectivity index (χ1n) is 8.96. The molecule has 2 heterocycles. The molecule has 6 heteroatoms. The Morgan fingerprint density at radius 1 is 1.23 bits per heavy atom. The van der Waals surface area contributed by atoms with Crippen LogP contribution in [-0.4, -0.2) is 48.1 Å². The van der Waals surface area contributed by atoms with Crippen molar-refractivity contribution in [3.8, 4) is 5.75 Å². The van der Waals surface area contributed by atoms with Crippen LogP contribution in [0.25, 0.3) is 0 Å². The zero-order valence-corrected chi connectivity index (χ0v) is 15.9. The normalized spacial score (nSPS) is 15.7. The van der Waals surface area contributed by atoms with Gasteiger partial charge in [-0.05, 0) is 43.2 Å². The largest absolute Gasteiger partial charge is 0.479 e. The van der Waals surface area contributed by atoms with Crippen molar-refractivity contribution in [2.24, 2.45) is 0 Å². The lowest BCUT2D eigenvalue weighted by molar-refractivity contribution is -0.139. The number of aryl methyl sites for hydroxylation is 1. The Balaban J connectivity index is 1.62. The lowest BCUT2D eigenvalue weighted by Gasteiger charge is -2.36. The van der Waals surface area contributed by atoms with Gasteiger partial charge in [0.2, 0.25) is 0 Å². The zero-order chi connectivity index (χ0) is 18.5. The van der Waals surface area contributed by atoms with E-state index in [-0.39, 0.29) is 5.91 Å². The minimum Gasteiger partial charge on any atom is -0.479 e. The highest BCUT2D eigenvalue weighted by molar-refractivity contribution is 6.32. The summed E-state index contributed by atoms with van der Waals surface area (Å²) in [5.74, 6) is 1.54. The van der Waals surface area contributed by atoms with E-state index < -0.39 is 6.10 Å². The van der Waals surface area contributed by atoms with E-state index in [2.05, 4.69) is 9.88 Å². The summed E-state index contributed by atoms with van der Waals surface area (Å²) in [5, 5.41) is 0.529. The maximum Gasteiger partial charge on any atom is 0.263 e. The van der Waals surface area contributed by atoms with Crippen molar-refractivity contribution in [2.75, 3.05) is 31.1 Å². The third kappa shape index (κ3) is 4.28. The Hall–Kier alpha value is -2.27. The van der Waals surface area contributed by atoms with Crippen molar-refractivity contribution in [2.45, 2.75) is 26.4 Å². The standard InChI is InChI=1S/C20H24ClN3O2/c1-3-17(26-18-14-15(2)7-8-16(18)21)20(25)24-12-10-23(11-13-24)19-6-4-5-9-22-19/h4-9,14,17H,3,10-13H2,1-2H3/t17-/m1/s1.